The summed E-state index contributed by atoms with van der Waals surface area (Å²) < 4.78 is 0. The van der Waals surface area contributed by atoms with Gasteiger partial charge in [0.25, 0.3) is 23.6 Å². The minimum atomic E-state index is -1.63. The molecule has 0 bridgehead atoms. The van der Waals surface area contributed by atoms with Gasteiger partial charge in [-0.05, 0) is 111 Å². The summed E-state index contributed by atoms with van der Waals surface area (Å²) >= 11 is 31.7. The van der Waals surface area contributed by atoms with Crippen molar-refractivity contribution in [1.29, 1.82) is 0 Å². The molecular weight excluding hydrogens is 926 g/mol. The number of hydrogen-bond acceptors (Lipinski definition) is 10. The molecule has 0 aromatic heterocycles. The SMILES string of the molecule is CC(=O)C(N=Nc1cccc(C(=O)Nc2cccc(C(C)Cl)c2)c1Cl)C(=O)Nc1ccc(NC(=O)C(N=Nc2cccc(C(=O)Nc3cccc(C(C)Cl)c3)c2Cl)C(C)=O)c(CCl)c1. The molecule has 5 aromatic rings. The molecule has 5 rings (SSSR count). The summed E-state index contributed by atoms with van der Waals surface area (Å²) in [5.41, 5.74) is 3.50. The van der Waals surface area contributed by atoms with Crippen molar-refractivity contribution < 1.29 is 28.8 Å². The molecule has 0 fully saturated rings. The Bertz CT molecular complexity index is 2670. The number of carbonyl (C=O) groups is 6. The van der Waals surface area contributed by atoms with Crippen molar-refractivity contribution in [2.24, 2.45) is 20.5 Å². The third-order valence-electron chi connectivity index (χ3n) is 9.26. The highest BCUT2D eigenvalue weighted by molar-refractivity contribution is 6.37. The topological polar surface area (TPSA) is 200 Å². The lowest BCUT2D eigenvalue weighted by molar-refractivity contribution is -0.127. The van der Waals surface area contributed by atoms with Gasteiger partial charge in [0.05, 0.1) is 31.9 Å². The van der Waals surface area contributed by atoms with Gasteiger partial charge in [0.1, 0.15) is 11.4 Å². The van der Waals surface area contributed by atoms with Crippen LogP contribution in [0.15, 0.2) is 124 Å². The molecule has 64 heavy (non-hydrogen) atoms. The van der Waals surface area contributed by atoms with Gasteiger partial charge in [-0.1, -0.05) is 59.6 Å². The van der Waals surface area contributed by atoms with E-state index in [9.17, 15) is 28.8 Å². The number of rotatable bonds is 17. The number of azo groups is 2. The molecule has 330 valence electrons. The smallest absolute Gasteiger partial charge is 0.258 e. The fourth-order valence-corrected chi connectivity index (χ4v) is 6.85. The van der Waals surface area contributed by atoms with Crippen LogP contribution >= 0.6 is 58.0 Å². The van der Waals surface area contributed by atoms with E-state index in [0.29, 0.717) is 16.9 Å². The van der Waals surface area contributed by atoms with Gasteiger partial charge in [0.2, 0.25) is 12.1 Å². The minimum absolute atomic E-state index is 0.0285. The van der Waals surface area contributed by atoms with E-state index in [1.807, 2.05) is 12.1 Å². The minimum Gasteiger partial charge on any atom is -0.324 e. The molecule has 5 aromatic carbocycles. The summed E-state index contributed by atoms with van der Waals surface area (Å²) in [6, 6.07) is 24.0. The average molecular weight is 965 g/mol. The zero-order chi connectivity index (χ0) is 46.7. The summed E-state index contributed by atoms with van der Waals surface area (Å²) in [6.45, 7) is 5.92. The Morgan fingerprint density at radius 3 is 1.39 bits per heavy atom. The highest BCUT2D eigenvalue weighted by atomic mass is 35.5. The first-order valence-corrected chi connectivity index (χ1v) is 21.4. The number of nitrogens with one attached hydrogen (secondary N) is 4. The number of amides is 4. The molecule has 0 radical (unpaired) electrons. The summed E-state index contributed by atoms with van der Waals surface area (Å²) in [7, 11) is 0. The lowest BCUT2D eigenvalue weighted by Crippen LogP contribution is -2.32. The van der Waals surface area contributed by atoms with Crippen molar-refractivity contribution in [3.8, 4) is 0 Å². The third kappa shape index (κ3) is 12.8. The zero-order valence-electron chi connectivity index (χ0n) is 34.5. The van der Waals surface area contributed by atoms with Crippen molar-refractivity contribution in [3.63, 3.8) is 0 Å². The molecule has 4 unspecified atom stereocenters. The molecule has 4 amide bonds. The Morgan fingerprint density at radius 2 is 0.969 bits per heavy atom. The lowest BCUT2D eigenvalue weighted by atomic mass is 10.1. The van der Waals surface area contributed by atoms with Gasteiger partial charge in [-0.2, -0.15) is 20.5 Å². The van der Waals surface area contributed by atoms with E-state index in [1.165, 1.54) is 54.6 Å². The summed E-state index contributed by atoms with van der Waals surface area (Å²) in [4.78, 5) is 78.2. The van der Waals surface area contributed by atoms with Crippen LogP contribution in [0.25, 0.3) is 0 Å². The fourth-order valence-electron chi connectivity index (χ4n) is 5.86. The van der Waals surface area contributed by atoms with Crippen LogP contribution in [0.2, 0.25) is 10.0 Å². The molecule has 0 saturated carbocycles. The Labute approximate surface area is 393 Å². The number of Topliss-reactive ketones (excluding diaryl/α,β-unsaturated/α-hetero) is 2. The second-order valence-corrected chi connectivity index (χ2v) is 16.4. The Morgan fingerprint density at radius 1 is 0.547 bits per heavy atom. The Hall–Kier alpha value is -6.03. The monoisotopic (exact) mass is 962 g/mol. The van der Waals surface area contributed by atoms with Gasteiger partial charge in [0.15, 0.2) is 11.6 Å². The number of ketones is 2. The second kappa shape index (κ2) is 22.5. The van der Waals surface area contributed by atoms with Crippen molar-refractivity contribution >= 4 is 127 Å². The molecule has 0 spiro atoms. The number of anilines is 4. The first-order valence-electron chi connectivity index (χ1n) is 19.3. The number of benzene rings is 5. The van der Waals surface area contributed by atoms with Crippen LogP contribution in [0.1, 0.15) is 75.9 Å². The van der Waals surface area contributed by atoms with E-state index in [1.54, 1.807) is 50.2 Å². The van der Waals surface area contributed by atoms with E-state index in [2.05, 4.69) is 41.7 Å². The van der Waals surface area contributed by atoms with Gasteiger partial charge in [-0.25, -0.2) is 0 Å². The normalized spacial score (nSPS) is 13.1. The van der Waals surface area contributed by atoms with Crippen molar-refractivity contribution in [3.05, 3.63) is 141 Å². The molecule has 0 aliphatic rings. The van der Waals surface area contributed by atoms with Crippen molar-refractivity contribution in [2.45, 2.75) is 56.4 Å². The Balaban J connectivity index is 1.26. The predicted octanol–water partition coefficient (Wildman–Crippen LogP) is 12.2. The van der Waals surface area contributed by atoms with Crippen molar-refractivity contribution in [1.82, 2.24) is 0 Å². The number of nitrogens with zero attached hydrogens (tertiary/aromatic N) is 4. The maximum Gasteiger partial charge on any atom is 0.258 e. The van der Waals surface area contributed by atoms with Gasteiger partial charge in [-0.15, -0.1) is 34.8 Å². The number of hydrogen-bond donors (Lipinski definition) is 4. The fraction of sp³-hybridized carbons (Fsp3) is 0.200. The van der Waals surface area contributed by atoms with Crippen LogP contribution in [-0.4, -0.2) is 47.3 Å². The summed E-state index contributed by atoms with van der Waals surface area (Å²) in [5.74, 6) is -4.23. The van der Waals surface area contributed by atoms with Crippen LogP contribution < -0.4 is 21.3 Å². The molecule has 0 saturated heterocycles. The van der Waals surface area contributed by atoms with Gasteiger partial charge < -0.3 is 21.3 Å². The standard InChI is InChI=1S/C45H39Cl5N8O6/c1-23(47)27-9-5-11-30(19-27)51-42(61)33-13-7-15-36(38(33)49)55-57-40(25(3)59)44(63)53-32-17-18-35(29(21-32)22-46)54-45(64)41(26(4)60)58-56-37-16-8-14-34(39(37)50)43(62)52-31-12-6-10-28(20-31)24(2)48/h5-21,23-24,40-41H,22H2,1-4H3,(H,51,61)(H,52,62)(H,53,63)(H,54,64). The zero-order valence-corrected chi connectivity index (χ0v) is 38.2. The maximum absolute atomic E-state index is 13.4. The van der Waals surface area contributed by atoms with Crippen LogP contribution in [-0.2, 0) is 25.1 Å². The average Bonchev–Trinajstić information content (AvgIpc) is 3.25. The van der Waals surface area contributed by atoms with Crippen LogP contribution in [0.3, 0.4) is 0 Å². The molecule has 0 heterocycles. The number of halogens is 5. The first-order chi connectivity index (χ1) is 30.5. The van der Waals surface area contributed by atoms with E-state index in [4.69, 9.17) is 58.0 Å². The molecule has 14 nitrogen and oxygen atoms in total. The van der Waals surface area contributed by atoms with Crippen LogP contribution in [0.5, 0.6) is 0 Å². The quantitative estimate of drug-likeness (QED) is 0.0406. The van der Waals surface area contributed by atoms with E-state index in [-0.39, 0.29) is 60.6 Å². The van der Waals surface area contributed by atoms with Gasteiger partial charge >= 0.3 is 0 Å². The molecule has 4 N–H and O–H groups in total. The van der Waals surface area contributed by atoms with Crippen LogP contribution in [0.4, 0.5) is 34.1 Å². The maximum atomic E-state index is 13.4. The lowest BCUT2D eigenvalue weighted by Gasteiger charge is -2.15. The van der Waals surface area contributed by atoms with Gasteiger partial charge in [-0.3, -0.25) is 28.8 Å². The van der Waals surface area contributed by atoms with Crippen molar-refractivity contribution in [2.75, 3.05) is 21.3 Å². The molecule has 4 atom stereocenters. The van der Waals surface area contributed by atoms with Crippen LogP contribution in [0, 0.1) is 0 Å². The van der Waals surface area contributed by atoms with Gasteiger partial charge in [0, 0.05) is 28.6 Å². The Kier molecular flexibility index (Phi) is 17.3. The second-order valence-electron chi connectivity index (χ2n) is 14.1. The highest BCUT2D eigenvalue weighted by Crippen LogP contribution is 2.33. The summed E-state index contributed by atoms with van der Waals surface area (Å²) in [5, 5.41) is 26.0. The van der Waals surface area contributed by atoms with E-state index < -0.39 is 47.3 Å². The van der Waals surface area contributed by atoms with E-state index >= 15 is 0 Å². The predicted molar refractivity (Wildman–Crippen MR) is 251 cm³/mol. The first kappa shape index (κ1) is 49.0. The third-order valence-corrected chi connectivity index (χ3v) is 10.8. The van der Waals surface area contributed by atoms with E-state index in [0.717, 1.165) is 25.0 Å². The highest BCUT2D eigenvalue weighted by Gasteiger charge is 2.27. The number of carbonyl (C=O) groups excluding carboxylic acids is 6. The largest absolute Gasteiger partial charge is 0.324 e. The molecule has 0 aliphatic heterocycles. The molecule has 19 heteroatoms. The number of alkyl halides is 3. The molecular formula is C45H39Cl5N8O6. The molecule has 0 aliphatic carbocycles. The summed E-state index contributed by atoms with van der Waals surface area (Å²) in [6.07, 6.45) is 0.